The van der Waals surface area contributed by atoms with Gasteiger partial charge in [0.05, 0.1) is 0 Å². The summed E-state index contributed by atoms with van der Waals surface area (Å²) in [7, 11) is 0. The molecule has 0 radical (unpaired) electrons. The summed E-state index contributed by atoms with van der Waals surface area (Å²) in [5.74, 6) is -3.27. The molecule has 2 amide bonds. The number of urea groups is 1. The summed E-state index contributed by atoms with van der Waals surface area (Å²) >= 11 is 5.79. The number of carbonyl (C=O) groups excluding carboxylic acids is 1. The van der Waals surface area contributed by atoms with E-state index in [1.54, 1.807) is 0 Å². The number of nitrogens with one attached hydrogen (secondary N) is 2. The molecule has 0 saturated heterocycles. The molecular formula is C18H22ClF3N2O3. The van der Waals surface area contributed by atoms with Crippen LogP contribution in [-0.2, 0) is 0 Å². The Hall–Kier alpha value is -1.83. The van der Waals surface area contributed by atoms with Gasteiger partial charge in [0.25, 0.3) is 0 Å². The zero-order valence-corrected chi connectivity index (χ0v) is 16.0. The molecule has 0 bridgehead atoms. The highest BCUT2D eigenvalue weighted by Crippen LogP contribution is 2.46. The Morgan fingerprint density at radius 2 is 1.89 bits per heavy atom. The van der Waals surface area contributed by atoms with Crippen LogP contribution in [0.25, 0.3) is 0 Å². The third-order valence-corrected chi connectivity index (χ3v) is 5.02. The summed E-state index contributed by atoms with van der Waals surface area (Å²) < 4.78 is 51.0. The van der Waals surface area contributed by atoms with Crippen LogP contribution in [0, 0.1) is 11.3 Å². The average molecular weight is 407 g/mol. The number of rotatable bonds is 2. The lowest BCUT2D eigenvalue weighted by Gasteiger charge is -2.39. The minimum atomic E-state index is -5.00. The Bertz CT molecular complexity index is 741. The van der Waals surface area contributed by atoms with Gasteiger partial charge in [0.15, 0.2) is 11.5 Å². The number of amides is 2. The van der Waals surface area contributed by atoms with Gasteiger partial charge in [0, 0.05) is 17.1 Å². The molecule has 1 aromatic carbocycles. The molecule has 2 aliphatic rings. The summed E-state index contributed by atoms with van der Waals surface area (Å²) in [6.45, 7) is 6.22. The summed E-state index contributed by atoms with van der Waals surface area (Å²) in [5, 5.41) is 4.65. The Balaban J connectivity index is 1.74. The van der Waals surface area contributed by atoms with Crippen molar-refractivity contribution in [1.82, 2.24) is 10.6 Å². The lowest BCUT2D eigenvalue weighted by atomic mass is 9.71. The molecule has 3 atom stereocenters. The lowest BCUT2D eigenvalue weighted by Crippen LogP contribution is -2.67. The van der Waals surface area contributed by atoms with Crippen molar-refractivity contribution in [2.45, 2.75) is 58.2 Å². The van der Waals surface area contributed by atoms with Gasteiger partial charge < -0.3 is 14.8 Å². The van der Waals surface area contributed by atoms with Crippen LogP contribution in [0.2, 0.25) is 5.02 Å². The van der Waals surface area contributed by atoms with Gasteiger partial charge in [-0.2, -0.15) is 13.2 Å². The molecule has 150 valence electrons. The number of ether oxygens (including phenoxy) is 2. The predicted octanol–water partition coefficient (Wildman–Crippen LogP) is 4.84. The number of fused-ring (bicyclic) bond motifs is 1. The Morgan fingerprint density at radius 3 is 2.52 bits per heavy atom. The third-order valence-electron chi connectivity index (χ3n) is 4.79. The van der Waals surface area contributed by atoms with E-state index in [0.717, 1.165) is 6.42 Å². The van der Waals surface area contributed by atoms with Crippen LogP contribution < -0.4 is 20.1 Å². The van der Waals surface area contributed by atoms with Crippen LogP contribution in [0.4, 0.5) is 18.0 Å². The fourth-order valence-corrected chi connectivity index (χ4v) is 4.20. The van der Waals surface area contributed by atoms with Gasteiger partial charge in [-0.15, -0.1) is 0 Å². The largest absolute Gasteiger partial charge is 0.492 e. The van der Waals surface area contributed by atoms with Crippen molar-refractivity contribution < 1.29 is 27.4 Å². The number of carbonyl (C=O) groups is 1. The monoisotopic (exact) mass is 406 g/mol. The van der Waals surface area contributed by atoms with E-state index in [1.807, 2.05) is 5.32 Å². The second kappa shape index (κ2) is 6.65. The molecular weight excluding hydrogens is 385 g/mol. The average Bonchev–Trinajstić information content (AvgIpc) is 2.82. The van der Waals surface area contributed by atoms with Crippen molar-refractivity contribution in [2.75, 3.05) is 0 Å². The first-order chi connectivity index (χ1) is 12.4. The van der Waals surface area contributed by atoms with Crippen molar-refractivity contribution in [3.63, 3.8) is 0 Å². The summed E-state index contributed by atoms with van der Waals surface area (Å²) in [6, 6.07) is 2.61. The molecule has 0 spiro atoms. The topological polar surface area (TPSA) is 59.6 Å². The highest BCUT2D eigenvalue weighted by Gasteiger charge is 2.65. The maximum absolute atomic E-state index is 13.7. The Morgan fingerprint density at radius 1 is 1.22 bits per heavy atom. The first kappa shape index (κ1) is 19.9. The van der Waals surface area contributed by atoms with Crippen LogP contribution in [0.15, 0.2) is 18.2 Å². The Kier molecular flexibility index (Phi) is 4.91. The highest BCUT2D eigenvalue weighted by atomic mass is 35.5. The quantitative estimate of drug-likeness (QED) is 0.738. The number of hydrogen-bond donors (Lipinski definition) is 2. The van der Waals surface area contributed by atoms with Gasteiger partial charge in [-0.05, 0) is 42.7 Å². The van der Waals surface area contributed by atoms with Crippen molar-refractivity contribution in [2.24, 2.45) is 11.3 Å². The molecule has 0 unspecified atom stereocenters. The molecule has 0 aromatic heterocycles. The van der Waals surface area contributed by atoms with Crippen LogP contribution in [-0.4, -0.2) is 24.2 Å². The molecule has 1 heterocycles. The number of alkyl halides is 3. The van der Waals surface area contributed by atoms with Gasteiger partial charge >= 0.3 is 18.1 Å². The van der Waals surface area contributed by atoms with Gasteiger partial charge in [-0.1, -0.05) is 32.4 Å². The number of hydrogen-bond acceptors (Lipinski definition) is 3. The maximum atomic E-state index is 13.7. The van der Waals surface area contributed by atoms with E-state index in [1.165, 1.54) is 18.2 Å². The SMILES string of the molecule is C[C@H]1C[C@H](NC(=O)N[C@@]2(C(F)(F)F)Oc3ccc(Cl)cc3O2)CC(C)(C)C1. The second-order valence-corrected chi connectivity index (χ2v) is 8.55. The van der Waals surface area contributed by atoms with Gasteiger partial charge in [0.1, 0.15) is 0 Å². The van der Waals surface area contributed by atoms with E-state index in [9.17, 15) is 18.0 Å². The highest BCUT2D eigenvalue weighted by molar-refractivity contribution is 6.30. The minimum absolute atomic E-state index is 0.00463. The summed E-state index contributed by atoms with van der Waals surface area (Å²) in [6.07, 6.45) is -2.62. The first-order valence-corrected chi connectivity index (χ1v) is 9.10. The summed E-state index contributed by atoms with van der Waals surface area (Å²) in [4.78, 5) is 12.3. The third kappa shape index (κ3) is 4.20. The molecule has 5 nitrogen and oxygen atoms in total. The zero-order chi connectivity index (χ0) is 20.0. The molecule has 2 N–H and O–H groups in total. The molecule has 1 saturated carbocycles. The fraction of sp³-hybridized carbons (Fsp3) is 0.611. The fourth-order valence-electron chi connectivity index (χ4n) is 4.04. The van der Waals surface area contributed by atoms with E-state index < -0.39 is 18.1 Å². The van der Waals surface area contributed by atoms with Crippen LogP contribution >= 0.6 is 11.6 Å². The van der Waals surface area contributed by atoms with Crippen LogP contribution in [0.3, 0.4) is 0 Å². The smallest absolute Gasteiger partial charge is 0.424 e. The molecule has 1 aromatic rings. The van der Waals surface area contributed by atoms with Gasteiger partial charge in [0.2, 0.25) is 0 Å². The number of benzene rings is 1. The van der Waals surface area contributed by atoms with E-state index in [-0.39, 0.29) is 28.0 Å². The van der Waals surface area contributed by atoms with Crippen LogP contribution in [0.5, 0.6) is 11.5 Å². The van der Waals surface area contributed by atoms with E-state index in [2.05, 4.69) is 26.1 Å². The van der Waals surface area contributed by atoms with Crippen molar-refractivity contribution in [3.8, 4) is 11.5 Å². The Labute approximate surface area is 160 Å². The molecule has 1 aliphatic carbocycles. The number of halogens is 4. The second-order valence-electron chi connectivity index (χ2n) is 8.12. The van der Waals surface area contributed by atoms with E-state index >= 15 is 0 Å². The lowest BCUT2D eigenvalue weighted by molar-refractivity contribution is -0.317. The van der Waals surface area contributed by atoms with Crippen molar-refractivity contribution in [3.05, 3.63) is 23.2 Å². The summed E-state index contributed by atoms with van der Waals surface area (Å²) in [5.41, 5.74) is 0.00463. The molecule has 9 heteroatoms. The minimum Gasteiger partial charge on any atom is -0.424 e. The normalized spacial score (nSPS) is 29.3. The molecule has 1 aliphatic heterocycles. The zero-order valence-electron chi connectivity index (χ0n) is 15.2. The van der Waals surface area contributed by atoms with E-state index in [0.29, 0.717) is 18.8 Å². The van der Waals surface area contributed by atoms with E-state index in [4.69, 9.17) is 21.1 Å². The van der Waals surface area contributed by atoms with Gasteiger partial charge in [-0.3, -0.25) is 5.32 Å². The van der Waals surface area contributed by atoms with Crippen molar-refractivity contribution in [1.29, 1.82) is 0 Å². The maximum Gasteiger partial charge on any atom is 0.492 e. The van der Waals surface area contributed by atoms with Crippen molar-refractivity contribution >= 4 is 17.6 Å². The van der Waals surface area contributed by atoms with Gasteiger partial charge in [-0.25, -0.2) is 4.79 Å². The molecule has 3 rings (SSSR count). The standard InChI is InChI=1S/C18H22ClF3N2O3/c1-10-6-12(9-16(2,3)8-10)23-15(25)24-18(17(20,21)22)26-13-5-4-11(19)7-14(13)27-18/h4-5,7,10,12H,6,8-9H2,1-3H3,(H2,23,24,25)/t10-,12-,18-/m0/s1. The molecule has 27 heavy (non-hydrogen) atoms. The van der Waals surface area contributed by atoms with Crippen LogP contribution in [0.1, 0.15) is 40.0 Å². The molecule has 1 fully saturated rings. The predicted molar refractivity (Wildman–Crippen MR) is 93.7 cm³/mol. The first-order valence-electron chi connectivity index (χ1n) is 8.72.